The van der Waals surface area contributed by atoms with Crippen LogP contribution in [-0.4, -0.2) is 50.4 Å². The van der Waals surface area contributed by atoms with Crippen molar-refractivity contribution in [3.05, 3.63) is 47.9 Å². The molecule has 5 rings (SSSR count). The Labute approximate surface area is 192 Å². The Morgan fingerprint density at radius 2 is 1.94 bits per heavy atom. The molecule has 0 saturated carbocycles. The monoisotopic (exact) mass is 443 g/mol. The zero-order valence-corrected chi connectivity index (χ0v) is 19.1. The van der Waals surface area contributed by atoms with Crippen molar-refractivity contribution in [2.45, 2.75) is 39.5 Å². The van der Waals surface area contributed by atoms with Crippen molar-refractivity contribution in [3.63, 3.8) is 0 Å². The number of anilines is 3. The quantitative estimate of drug-likeness (QED) is 0.400. The summed E-state index contributed by atoms with van der Waals surface area (Å²) in [6.45, 7) is 6.90. The number of aromatic amines is 1. The first kappa shape index (κ1) is 21.3. The summed E-state index contributed by atoms with van der Waals surface area (Å²) in [6.07, 6.45) is 6.02. The Balaban J connectivity index is 1.37. The van der Waals surface area contributed by atoms with E-state index in [1.807, 2.05) is 50.4 Å². The Bertz CT molecular complexity index is 1310. The van der Waals surface area contributed by atoms with E-state index >= 15 is 0 Å². The maximum atomic E-state index is 12.7. The first-order valence-electron chi connectivity index (χ1n) is 11.6. The summed E-state index contributed by atoms with van der Waals surface area (Å²) in [5.74, 6) is 1.30. The minimum atomic E-state index is -0.00254. The van der Waals surface area contributed by atoms with Crippen LogP contribution in [0.25, 0.3) is 21.9 Å². The zero-order valence-electron chi connectivity index (χ0n) is 19.1. The molecule has 8 nitrogen and oxygen atoms in total. The number of aryl methyl sites for hydroxylation is 2. The Hall–Kier alpha value is -3.52. The highest BCUT2D eigenvalue weighted by molar-refractivity contribution is 6.01. The van der Waals surface area contributed by atoms with Crippen molar-refractivity contribution >= 4 is 45.2 Å². The van der Waals surface area contributed by atoms with Crippen LogP contribution in [0.2, 0.25) is 0 Å². The van der Waals surface area contributed by atoms with E-state index < -0.39 is 0 Å². The lowest BCUT2D eigenvalue weighted by Gasteiger charge is -2.25. The van der Waals surface area contributed by atoms with Crippen molar-refractivity contribution in [2.75, 3.05) is 30.3 Å². The van der Waals surface area contributed by atoms with Crippen LogP contribution in [0.1, 0.15) is 37.1 Å². The molecule has 1 aliphatic heterocycles. The molecule has 3 N–H and O–H groups in total. The van der Waals surface area contributed by atoms with Crippen molar-refractivity contribution in [2.24, 2.45) is 0 Å². The number of fused-ring (bicyclic) bond motifs is 2. The van der Waals surface area contributed by atoms with E-state index in [0.717, 1.165) is 58.6 Å². The largest absolute Gasteiger partial charge is 0.342 e. The molecule has 4 aromatic rings. The third kappa shape index (κ3) is 4.80. The van der Waals surface area contributed by atoms with E-state index in [9.17, 15) is 4.79 Å². The molecule has 2 aromatic heterocycles. The number of rotatable bonds is 6. The fraction of sp³-hybridized carbons (Fsp3) is 0.360. The lowest BCUT2D eigenvalue weighted by molar-refractivity contribution is -0.116. The molecule has 0 aliphatic carbocycles. The van der Waals surface area contributed by atoms with Crippen LogP contribution in [0.4, 0.5) is 17.3 Å². The van der Waals surface area contributed by atoms with Crippen molar-refractivity contribution in [1.29, 1.82) is 0 Å². The highest BCUT2D eigenvalue weighted by Gasteiger charge is 2.15. The van der Waals surface area contributed by atoms with Gasteiger partial charge >= 0.3 is 0 Å². The molecular weight excluding hydrogens is 414 g/mol. The van der Waals surface area contributed by atoms with Gasteiger partial charge in [-0.15, -0.1) is 0 Å². The number of carbonyl (C=O) groups is 1. The summed E-state index contributed by atoms with van der Waals surface area (Å²) in [7, 11) is 0. The predicted octanol–water partition coefficient (Wildman–Crippen LogP) is 4.68. The predicted molar refractivity (Wildman–Crippen MR) is 132 cm³/mol. The molecule has 2 aromatic carbocycles. The highest BCUT2D eigenvalue weighted by Crippen LogP contribution is 2.28. The third-order valence-corrected chi connectivity index (χ3v) is 6.15. The van der Waals surface area contributed by atoms with Crippen LogP contribution in [0, 0.1) is 13.8 Å². The maximum Gasteiger partial charge on any atom is 0.227 e. The Kier molecular flexibility index (Phi) is 5.92. The topological polar surface area (TPSA) is 98.8 Å². The molecule has 0 atom stereocenters. The molecule has 0 unspecified atom stereocenters. The van der Waals surface area contributed by atoms with E-state index in [1.54, 1.807) is 0 Å². The molecule has 0 bridgehead atoms. The van der Waals surface area contributed by atoms with Gasteiger partial charge < -0.3 is 20.5 Å². The van der Waals surface area contributed by atoms with Crippen molar-refractivity contribution in [1.82, 2.24) is 24.8 Å². The van der Waals surface area contributed by atoms with Crippen molar-refractivity contribution in [3.8, 4) is 0 Å². The molecule has 1 fully saturated rings. The molecule has 33 heavy (non-hydrogen) atoms. The van der Waals surface area contributed by atoms with Gasteiger partial charge in [0.25, 0.3) is 0 Å². The van der Waals surface area contributed by atoms with E-state index in [-0.39, 0.29) is 5.91 Å². The summed E-state index contributed by atoms with van der Waals surface area (Å²) in [5, 5.41) is 7.37. The maximum absolute atomic E-state index is 12.7. The van der Waals surface area contributed by atoms with Gasteiger partial charge in [0, 0.05) is 30.2 Å². The molecule has 3 heterocycles. The molecule has 170 valence electrons. The minimum absolute atomic E-state index is 0.00254. The number of nitrogens with zero attached hydrogens (tertiary/aromatic N) is 4. The summed E-state index contributed by atoms with van der Waals surface area (Å²) in [6, 6.07) is 9.90. The molecule has 0 radical (unpaired) electrons. The number of likely N-dealkylation sites (tertiary alicyclic amines) is 1. The van der Waals surface area contributed by atoms with Crippen LogP contribution in [0.15, 0.2) is 36.5 Å². The van der Waals surface area contributed by atoms with Crippen LogP contribution in [0.5, 0.6) is 0 Å². The first-order chi connectivity index (χ1) is 16.0. The number of aromatic nitrogens is 4. The van der Waals surface area contributed by atoms with Crippen LogP contribution < -0.4 is 10.6 Å². The number of piperidine rings is 1. The molecule has 1 saturated heterocycles. The summed E-state index contributed by atoms with van der Waals surface area (Å²) in [4.78, 5) is 32.1. The fourth-order valence-corrected chi connectivity index (χ4v) is 4.46. The average Bonchev–Trinajstić information content (AvgIpc) is 3.19. The lowest BCUT2D eigenvalue weighted by atomic mass is 10.1. The number of amides is 1. The number of imidazole rings is 1. The summed E-state index contributed by atoms with van der Waals surface area (Å²) in [5.41, 5.74) is 5.07. The van der Waals surface area contributed by atoms with Gasteiger partial charge in [0.1, 0.15) is 11.3 Å². The van der Waals surface area contributed by atoms with Gasteiger partial charge in [-0.3, -0.25) is 4.79 Å². The number of hydrogen-bond donors (Lipinski definition) is 3. The number of hydrogen-bond acceptors (Lipinski definition) is 6. The third-order valence-electron chi connectivity index (χ3n) is 6.15. The number of H-pyrrole nitrogens is 1. The van der Waals surface area contributed by atoms with Gasteiger partial charge in [0.2, 0.25) is 11.9 Å². The fourth-order valence-electron chi connectivity index (χ4n) is 4.46. The first-order valence-corrected chi connectivity index (χ1v) is 11.6. The Morgan fingerprint density at radius 3 is 2.79 bits per heavy atom. The van der Waals surface area contributed by atoms with E-state index in [0.29, 0.717) is 18.1 Å². The number of carbonyl (C=O) groups excluding carboxylic acids is 1. The van der Waals surface area contributed by atoms with E-state index in [2.05, 4.69) is 35.5 Å². The Morgan fingerprint density at radius 1 is 1.09 bits per heavy atom. The SMILES string of the molecule is Cc1nc2c(NC(=O)CCN3CCCCC3)cc(Nc3ncc4cccc(C)c4n3)cc2[nH]1. The zero-order chi connectivity index (χ0) is 22.8. The number of benzene rings is 2. The second kappa shape index (κ2) is 9.15. The van der Waals surface area contributed by atoms with E-state index in [4.69, 9.17) is 0 Å². The average molecular weight is 444 g/mol. The van der Waals surface area contributed by atoms with Crippen LogP contribution >= 0.6 is 0 Å². The molecule has 1 amide bonds. The van der Waals surface area contributed by atoms with Gasteiger partial charge in [-0.05, 0) is 57.5 Å². The van der Waals surface area contributed by atoms with Gasteiger partial charge in [0.15, 0.2) is 0 Å². The standard InChI is InChI=1S/C25H29N7O/c1-16-7-6-8-18-15-26-25(31-23(16)18)29-19-13-20-24(28-17(2)27-20)21(14-19)30-22(33)9-12-32-10-4-3-5-11-32/h6-8,13-15H,3-5,9-12H2,1-2H3,(H,27,28)(H,30,33)(H,26,29,31). The lowest BCUT2D eigenvalue weighted by Crippen LogP contribution is -2.32. The van der Waals surface area contributed by atoms with Crippen LogP contribution in [-0.2, 0) is 4.79 Å². The van der Waals surface area contributed by atoms with Gasteiger partial charge in [-0.25, -0.2) is 15.0 Å². The molecular formula is C25H29N7O. The molecule has 8 heteroatoms. The second-order valence-corrected chi connectivity index (χ2v) is 8.77. The highest BCUT2D eigenvalue weighted by atomic mass is 16.1. The molecule has 1 aliphatic rings. The van der Waals surface area contributed by atoms with Gasteiger partial charge in [-0.1, -0.05) is 24.6 Å². The van der Waals surface area contributed by atoms with Gasteiger partial charge in [0.05, 0.1) is 16.7 Å². The minimum Gasteiger partial charge on any atom is -0.342 e. The van der Waals surface area contributed by atoms with Gasteiger partial charge in [-0.2, -0.15) is 0 Å². The summed E-state index contributed by atoms with van der Waals surface area (Å²) >= 11 is 0. The van der Waals surface area contributed by atoms with Crippen LogP contribution in [0.3, 0.4) is 0 Å². The van der Waals surface area contributed by atoms with E-state index in [1.165, 1.54) is 19.3 Å². The number of para-hydroxylation sites is 1. The van der Waals surface area contributed by atoms with Crippen molar-refractivity contribution < 1.29 is 4.79 Å². The normalized spacial score (nSPS) is 14.6. The molecule has 0 spiro atoms. The summed E-state index contributed by atoms with van der Waals surface area (Å²) < 4.78 is 0. The smallest absolute Gasteiger partial charge is 0.227 e. The second-order valence-electron chi connectivity index (χ2n) is 8.77. The number of nitrogens with one attached hydrogen (secondary N) is 3.